The first-order valence-electron chi connectivity index (χ1n) is 5.01. The number of nitrogens with zero attached hydrogens (tertiary/aromatic N) is 5. The third-order valence-corrected chi connectivity index (χ3v) is 2.44. The summed E-state index contributed by atoms with van der Waals surface area (Å²) in [6.07, 6.45) is 3.84. The fourth-order valence-electron chi connectivity index (χ4n) is 1.60. The molecule has 0 N–H and O–H groups in total. The number of hydrogen-bond donors (Lipinski definition) is 0. The molecular formula is C9H5N5O6. The molecule has 0 atom stereocenters. The Morgan fingerprint density at radius 3 is 1.90 bits per heavy atom. The van der Waals surface area contributed by atoms with Crippen molar-refractivity contribution in [1.29, 1.82) is 0 Å². The smallest absolute Gasteiger partial charge is 0.300 e. The molecule has 20 heavy (non-hydrogen) atoms. The van der Waals surface area contributed by atoms with Crippen LogP contribution in [0.1, 0.15) is 0 Å². The van der Waals surface area contributed by atoms with E-state index in [2.05, 4.69) is 4.98 Å². The molecule has 0 spiro atoms. The van der Waals surface area contributed by atoms with Crippen molar-refractivity contribution in [3.63, 3.8) is 0 Å². The van der Waals surface area contributed by atoms with Gasteiger partial charge in [-0.15, -0.1) is 0 Å². The lowest BCUT2D eigenvalue weighted by Crippen LogP contribution is -2.03. The Labute approximate surface area is 109 Å². The van der Waals surface area contributed by atoms with Crippen LogP contribution in [0.4, 0.5) is 17.1 Å². The molecule has 1 heterocycles. The summed E-state index contributed by atoms with van der Waals surface area (Å²) in [4.78, 5) is 33.3. The van der Waals surface area contributed by atoms with Crippen LogP contribution in [0, 0.1) is 30.3 Å². The second kappa shape index (κ2) is 4.72. The maximum absolute atomic E-state index is 11.0. The van der Waals surface area contributed by atoms with Gasteiger partial charge in [-0.3, -0.25) is 34.9 Å². The quantitative estimate of drug-likeness (QED) is 0.609. The number of nitro groups is 3. The Balaban J connectivity index is 2.80. The third-order valence-electron chi connectivity index (χ3n) is 2.44. The van der Waals surface area contributed by atoms with Gasteiger partial charge in [-0.05, 0) is 0 Å². The summed E-state index contributed by atoms with van der Waals surface area (Å²) in [5, 5.41) is 32.5. The lowest BCUT2D eigenvalue weighted by molar-refractivity contribution is -0.424. The Morgan fingerprint density at radius 2 is 1.45 bits per heavy atom. The van der Waals surface area contributed by atoms with Crippen molar-refractivity contribution in [2.24, 2.45) is 0 Å². The van der Waals surface area contributed by atoms with Gasteiger partial charge in [-0.25, -0.2) is 4.98 Å². The van der Waals surface area contributed by atoms with Gasteiger partial charge in [0.25, 0.3) is 0 Å². The van der Waals surface area contributed by atoms with Crippen molar-refractivity contribution in [3.8, 4) is 5.69 Å². The number of rotatable bonds is 4. The Kier molecular flexibility index (Phi) is 3.08. The number of aromatic nitrogens is 2. The van der Waals surface area contributed by atoms with E-state index < -0.39 is 31.8 Å². The minimum atomic E-state index is -1.04. The Morgan fingerprint density at radius 1 is 0.900 bits per heavy atom. The van der Waals surface area contributed by atoms with Gasteiger partial charge in [-0.2, -0.15) is 0 Å². The number of hydrogen-bond acceptors (Lipinski definition) is 7. The monoisotopic (exact) mass is 279 g/mol. The van der Waals surface area contributed by atoms with Crippen molar-refractivity contribution in [1.82, 2.24) is 9.55 Å². The molecule has 0 fully saturated rings. The molecule has 0 aliphatic carbocycles. The average Bonchev–Trinajstić information content (AvgIpc) is 2.90. The van der Waals surface area contributed by atoms with E-state index in [4.69, 9.17) is 0 Å². The van der Waals surface area contributed by atoms with Gasteiger partial charge < -0.3 is 0 Å². The third kappa shape index (κ3) is 2.14. The van der Waals surface area contributed by atoms with E-state index in [9.17, 15) is 30.3 Å². The van der Waals surface area contributed by atoms with E-state index in [1.807, 2.05) is 0 Å². The van der Waals surface area contributed by atoms with E-state index >= 15 is 0 Å². The molecule has 11 heteroatoms. The minimum absolute atomic E-state index is 0.176. The normalized spacial score (nSPS) is 10.2. The maximum Gasteiger partial charge on any atom is 0.353 e. The zero-order valence-corrected chi connectivity index (χ0v) is 9.57. The van der Waals surface area contributed by atoms with E-state index in [1.165, 1.54) is 18.7 Å². The van der Waals surface area contributed by atoms with Gasteiger partial charge in [0.2, 0.25) is 0 Å². The molecule has 0 amide bonds. The van der Waals surface area contributed by atoms with Gasteiger partial charge >= 0.3 is 17.1 Å². The minimum Gasteiger partial charge on any atom is -0.300 e. The topological polar surface area (TPSA) is 147 Å². The van der Waals surface area contributed by atoms with E-state index in [0.29, 0.717) is 6.07 Å². The molecule has 0 saturated carbocycles. The zero-order valence-electron chi connectivity index (χ0n) is 9.57. The molecule has 0 bridgehead atoms. The molecule has 1 aromatic carbocycles. The summed E-state index contributed by atoms with van der Waals surface area (Å²) in [7, 11) is 0. The standard InChI is InChI=1S/C9H5N5O6/c15-12(16)7-4-9(14(19)20)8(13(17)18)3-6(7)11-2-1-10-5-11/h1-5H. The summed E-state index contributed by atoms with van der Waals surface area (Å²) >= 11 is 0. The Hall–Kier alpha value is -3.37. The first kappa shape index (κ1) is 13.1. The van der Waals surface area contributed by atoms with Crippen molar-refractivity contribution in [3.05, 3.63) is 61.2 Å². The highest BCUT2D eigenvalue weighted by molar-refractivity contribution is 5.67. The van der Waals surface area contributed by atoms with E-state index in [0.717, 1.165) is 10.6 Å². The van der Waals surface area contributed by atoms with Gasteiger partial charge in [0.05, 0.1) is 27.2 Å². The largest absolute Gasteiger partial charge is 0.353 e. The van der Waals surface area contributed by atoms with Gasteiger partial charge in [0.15, 0.2) is 0 Å². The molecule has 0 saturated heterocycles. The molecule has 11 nitrogen and oxygen atoms in total. The first-order valence-corrected chi connectivity index (χ1v) is 5.01. The maximum atomic E-state index is 11.0. The average molecular weight is 279 g/mol. The van der Waals surface area contributed by atoms with Crippen LogP contribution in [-0.2, 0) is 0 Å². The molecule has 0 aliphatic rings. The van der Waals surface area contributed by atoms with Crippen molar-refractivity contribution >= 4 is 17.1 Å². The summed E-state index contributed by atoms with van der Waals surface area (Å²) in [6.45, 7) is 0. The van der Waals surface area contributed by atoms with Crippen LogP contribution in [0.2, 0.25) is 0 Å². The van der Waals surface area contributed by atoms with Crippen LogP contribution in [-0.4, -0.2) is 24.3 Å². The predicted molar refractivity (Wildman–Crippen MR) is 63.5 cm³/mol. The molecule has 1 aromatic heterocycles. The summed E-state index contributed by atoms with van der Waals surface area (Å²) < 4.78 is 1.16. The molecule has 0 aliphatic heterocycles. The Bertz CT molecular complexity index is 710. The van der Waals surface area contributed by atoms with Crippen LogP contribution < -0.4 is 0 Å². The molecule has 2 rings (SSSR count). The van der Waals surface area contributed by atoms with E-state index in [1.54, 1.807) is 0 Å². The predicted octanol–water partition coefficient (Wildman–Crippen LogP) is 1.60. The van der Waals surface area contributed by atoms with Gasteiger partial charge in [0.1, 0.15) is 11.8 Å². The van der Waals surface area contributed by atoms with E-state index in [-0.39, 0.29) is 5.69 Å². The molecule has 102 valence electrons. The SMILES string of the molecule is O=[N+]([O-])c1cc([N+](=O)[O-])c([N+](=O)[O-])cc1-n1ccnc1. The second-order valence-corrected chi connectivity index (χ2v) is 3.57. The number of nitro benzene ring substituents is 3. The highest BCUT2D eigenvalue weighted by Gasteiger charge is 2.31. The van der Waals surface area contributed by atoms with Gasteiger partial charge in [0, 0.05) is 12.4 Å². The summed E-state index contributed by atoms with van der Waals surface area (Å²) in [6, 6.07) is 1.34. The highest BCUT2D eigenvalue weighted by atomic mass is 16.6. The molecule has 2 aromatic rings. The lowest BCUT2D eigenvalue weighted by atomic mass is 10.2. The van der Waals surface area contributed by atoms with Crippen LogP contribution >= 0.6 is 0 Å². The van der Waals surface area contributed by atoms with Crippen molar-refractivity contribution < 1.29 is 14.8 Å². The van der Waals surface area contributed by atoms with Crippen LogP contribution in [0.5, 0.6) is 0 Å². The summed E-state index contributed by atoms with van der Waals surface area (Å²) in [5.74, 6) is 0. The number of imidazole rings is 1. The lowest BCUT2D eigenvalue weighted by Gasteiger charge is -2.04. The van der Waals surface area contributed by atoms with Crippen LogP contribution in [0.25, 0.3) is 5.69 Å². The first-order chi connectivity index (χ1) is 9.41. The fourth-order valence-corrected chi connectivity index (χ4v) is 1.60. The molecular weight excluding hydrogens is 274 g/mol. The molecule has 0 radical (unpaired) electrons. The van der Waals surface area contributed by atoms with Crippen molar-refractivity contribution in [2.45, 2.75) is 0 Å². The number of benzene rings is 1. The zero-order chi connectivity index (χ0) is 14.9. The highest BCUT2D eigenvalue weighted by Crippen LogP contribution is 2.35. The fraction of sp³-hybridized carbons (Fsp3) is 0. The molecule has 0 unspecified atom stereocenters. The van der Waals surface area contributed by atoms with Crippen LogP contribution in [0.15, 0.2) is 30.9 Å². The second-order valence-electron chi connectivity index (χ2n) is 3.57. The van der Waals surface area contributed by atoms with Gasteiger partial charge in [-0.1, -0.05) is 0 Å². The van der Waals surface area contributed by atoms with Crippen LogP contribution in [0.3, 0.4) is 0 Å². The summed E-state index contributed by atoms with van der Waals surface area (Å²) in [5.41, 5.74) is -2.57. The van der Waals surface area contributed by atoms with Crippen molar-refractivity contribution in [2.75, 3.05) is 0 Å².